The minimum atomic E-state index is -6.00. The Bertz CT molecular complexity index is 340. The fourth-order valence-electron chi connectivity index (χ4n) is 1.95. The molecule has 1 rings (SSSR count). The zero-order valence-corrected chi connectivity index (χ0v) is 11.9. The Kier molecular flexibility index (Phi) is 9.66. The Morgan fingerprint density at radius 1 is 1.16 bits per heavy atom. The number of likely N-dealkylation sites (tertiary alicyclic amines) is 1. The molecule has 0 aromatic rings. The van der Waals surface area contributed by atoms with E-state index in [2.05, 4.69) is 7.05 Å². The average molecular weight is 301 g/mol. The van der Waals surface area contributed by atoms with Gasteiger partial charge in [0.05, 0.1) is 36.8 Å². The van der Waals surface area contributed by atoms with Gasteiger partial charge < -0.3 is 26.3 Å². The van der Waals surface area contributed by atoms with Crippen molar-refractivity contribution in [3.8, 4) is 0 Å². The van der Waals surface area contributed by atoms with Crippen LogP contribution in [0.15, 0.2) is 0 Å². The molecule has 4 nitrogen and oxygen atoms in total. The molecular weight excluding hydrogens is 284 g/mol. The van der Waals surface area contributed by atoms with E-state index in [0.29, 0.717) is 6.42 Å². The molecule has 0 bridgehead atoms. The van der Waals surface area contributed by atoms with Gasteiger partial charge in [0.2, 0.25) is 0 Å². The first-order chi connectivity index (χ1) is 7.91. The maximum Gasteiger partial charge on any atom is 1.00 e. The molecule has 1 heterocycles. The Morgan fingerprint density at radius 3 is 1.84 bits per heavy atom. The van der Waals surface area contributed by atoms with Gasteiger partial charge in [-0.15, -0.1) is 0 Å². The molecule has 0 amide bonds. The van der Waals surface area contributed by atoms with Crippen molar-refractivity contribution in [1.29, 1.82) is 0 Å². The average Bonchev–Trinajstić information content (AvgIpc) is 2.46. The number of nitrogens with zero attached hydrogens (tertiary/aromatic N) is 1. The second kappa shape index (κ2) is 8.52. The standard InChI is InChI=1S/C8H17NO3S.BF4.Li/c1-9(5-2-3-6-9)7-4-8-13(10,11)12;2-1(3,4)5;/h2-8H2,1H3;;/q;-1;+1. The van der Waals surface area contributed by atoms with Gasteiger partial charge in [0.15, 0.2) is 0 Å². The second-order valence-corrected chi connectivity index (χ2v) is 6.13. The van der Waals surface area contributed by atoms with E-state index in [0.717, 1.165) is 24.1 Å². The summed E-state index contributed by atoms with van der Waals surface area (Å²) in [6, 6.07) is 0. The maximum atomic E-state index is 10.3. The van der Waals surface area contributed by atoms with Crippen molar-refractivity contribution in [3.63, 3.8) is 0 Å². The van der Waals surface area contributed by atoms with E-state index in [1.807, 2.05) is 0 Å². The van der Waals surface area contributed by atoms with Crippen LogP contribution in [0, 0.1) is 0 Å². The molecule has 19 heavy (non-hydrogen) atoms. The van der Waals surface area contributed by atoms with Crippen LogP contribution in [0.4, 0.5) is 17.3 Å². The zero-order chi connectivity index (χ0) is 14.4. The third kappa shape index (κ3) is 16.2. The van der Waals surface area contributed by atoms with Crippen molar-refractivity contribution in [1.82, 2.24) is 0 Å². The van der Waals surface area contributed by atoms with Gasteiger partial charge >= 0.3 is 26.1 Å². The van der Waals surface area contributed by atoms with Gasteiger partial charge in [-0.2, -0.15) is 0 Å². The molecular formula is C8H17BF4LiNO3S. The summed E-state index contributed by atoms with van der Waals surface area (Å²) in [6.07, 6.45) is 2.95. The number of halogens is 4. The second-order valence-electron chi connectivity index (χ2n) is 4.61. The summed E-state index contributed by atoms with van der Waals surface area (Å²) in [7, 11) is -7.87. The van der Waals surface area contributed by atoms with Gasteiger partial charge in [-0.1, -0.05) is 0 Å². The van der Waals surface area contributed by atoms with Crippen LogP contribution in [0.1, 0.15) is 19.3 Å². The van der Waals surface area contributed by atoms with E-state index in [9.17, 15) is 30.2 Å². The van der Waals surface area contributed by atoms with Gasteiger partial charge in [0.1, 0.15) is 0 Å². The van der Waals surface area contributed by atoms with Crippen LogP contribution in [0.2, 0.25) is 0 Å². The maximum absolute atomic E-state index is 10.3. The first-order valence-corrected chi connectivity index (χ1v) is 7.13. The third-order valence-electron chi connectivity index (χ3n) is 2.74. The molecule has 0 unspecified atom stereocenters. The topological polar surface area (TPSA) is 57.2 Å². The van der Waals surface area contributed by atoms with Crippen molar-refractivity contribution in [2.75, 3.05) is 32.4 Å². The fraction of sp³-hybridized carbons (Fsp3) is 1.00. The molecule has 0 radical (unpaired) electrons. The monoisotopic (exact) mass is 301 g/mol. The summed E-state index contributed by atoms with van der Waals surface area (Å²) in [4.78, 5) is 0. The first kappa shape index (κ1) is 21.5. The molecule has 0 aliphatic carbocycles. The number of quaternary nitrogens is 1. The normalized spacial score (nSPS) is 18.2. The van der Waals surface area contributed by atoms with Crippen LogP contribution >= 0.6 is 0 Å². The smallest absolute Gasteiger partial charge is 0.748 e. The van der Waals surface area contributed by atoms with Crippen molar-refractivity contribution in [2.45, 2.75) is 19.3 Å². The van der Waals surface area contributed by atoms with Crippen LogP contribution in [0.3, 0.4) is 0 Å². The molecule has 0 aromatic heterocycles. The summed E-state index contributed by atoms with van der Waals surface area (Å²) < 4.78 is 71.0. The predicted octanol–water partition coefficient (Wildman–Crippen LogP) is -1.53. The Morgan fingerprint density at radius 2 is 1.53 bits per heavy atom. The summed E-state index contributed by atoms with van der Waals surface area (Å²) in [5.41, 5.74) is 0. The molecule has 1 aliphatic heterocycles. The van der Waals surface area contributed by atoms with Crippen LogP contribution < -0.4 is 18.9 Å². The fourth-order valence-corrected chi connectivity index (χ4v) is 2.43. The summed E-state index contributed by atoms with van der Waals surface area (Å²) in [5, 5.41) is 0. The molecule has 110 valence electrons. The van der Waals surface area contributed by atoms with E-state index in [4.69, 9.17) is 0 Å². The molecule has 0 aromatic carbocycles. The van der Waals surface area contributed by atoms with E-state index < -0.39 is 17.4 Å². The van der Waals surface area contributed by atoms with Gasteiger partial charge in [0.25, 0.3) is 0 Å². The van der Waals surface area contributed by atoms with E-state index in [-0.39, 0.29) is 24.6 Å². The number of hydrogen-bond acceptors (Lipinski definition) is 3. The van der Waals surface area contributed by atoms with Crippen LogP contribution in [-0.4, -0.2) is 57.1 Å². The predicted molar refractivity (Wildman–Crippen MR) is 59.4 cm³/mol. The van der Waals surface area contributed by atoms with Crippen LogP contribution in [0.5, 0.6) is 0 Å². The quantitative estimate of drug-likeness (QED) is 0.274. The van der Waals surface area contributed by atoms with Crippen LogP contribution in [-0.2, 0) is 10.1 Å². The zero-order valence-electron chi connectivity index (χ0n) is 11.1. The molecule has 0 spiro atoms. The third-order valence-corrected chi connectivity index (χ3v) is 3.53. The summed E-state index contributed by atoms with van der Waals surface area (Å²) in [5.74, 6) is -0.208. The molecule has 1 saturated heterocycles. The van der Waals surface area contributed by atoms with Crippen molar-refractivity contribution < 1.29 is 53.6 Å². The minimum Gasteiger partial charge on any atom is -0.748 e. The molecule has 0 N–H and O–H groups in total. The van der Waals surface area contributed by atoms with Crippen molar-refractivity contribution in [3.05, 3.63) is 0 Å². The molecule has 11 heteroatoms. The Labute approximate surface area is 123 Å². The van der Waals surface area contributed by atoms with Crippen molar-refractivity contribution in [2.24, 2.45) is 0 Å². The van der Waals surface area contributed by atoms with Gasteiger partial charge in [-0.05, 0) is 0 Å². The SMILES string of the molecule is C[N+]1(CCCS(=O)(=O)[O-])CCCC1.F[B-](F)(F)F.[Li+]. The van der Waals surface area contributed by atoms with E-state index >= 15 is 0 Å². The number of rotatable bonds is 4. The first-order valence-electron chi connectivity index (χ1n) is 5.56. The van der Waals surface area contributed by atoms with E-state index in [1.54, 1.807) is 0 Å². The van der Waals surface area contributed by atoms with E-state index in [1.165, 1.54) is 12.8 Å². The van der Waals surface area contributed by atoms with Gasteiger partial charge in [-0.3, -0.25) is 0 Å². The van der Waals surface area contributed by atoms with Gasteiger partial charge in [0, 0.05) is 25.0 Å². The Balaban J connectivity index is 0. The Hall–Kier alpha value is 0.252. The summed E-state index contributed by atoms with van der Waals surface area (Å²) >= 11 is 0. The molecule has 1 fully saturated rings. The molecule has 0 atom stereocenters. The number of hydrogen-bond donors (Lipinski definition) is 0. The minimum absolute atomic E-state index is 0. The van der Waals surface area contributed by atoms with Crippen LogP contribution in [0.25, 0.3) is 0 Å². The van der Waals surface area contributed by atoms with Crippen molar-refractivity contribution >= 4 is 17.4 Å². The largest absolute Gasteiger partial charge is 1.00 e. The molecule has 1 aliphatic rings. The molecule has 0 saturated carbocycles. The summed E-state index contributed by atoms with van der Waals surface area (Å²) in [6.45, 7) is 3.07. The van der Waals surface area contributed by atoms with Gasteiger partial charge in [-0.25, -0.2) is 8.42 Å².